The number of rotatable bonds is 8. The highest BCUT2D eigenvalue weighted by Crippen LogP contribution is 2.05. The zero-order chi connectivity index (χ0) is 15.0. The highest BCUT2D eigenvalue weighted by Gasteiger charge is 2.22. The molecule has 0 saturated carbocycles. The smallest absolute Gasteiger partial charge is 0.326 e. The van der Waals surface area contributed by atoms with Gasteiger partial charge in [-0.2, -0.15) is 0 Å². The summed E-state index contributed by atoms with van der Waals surface area (Å²) in [6.07, 6.45) is 0.285. The predicted molar refractivity (Wildman–Crippen MR) is 68.9 cm³/mol. The molecule has 0 aliphatic heterocycles. The first-order chi connectivity index (χ1) is 8.77. The van der Waals surface area contributed by atoms with Gasteiger partial charge in [-0.05, 0) is 18.8 Å². The molecule has 2 atom stereocenters. The lowest BCUT2D eigenvalue weighted by Crippen LogP contribution is -2.50. The van der Waals surface area contributed by atoms with Crippen LogP contribution in [0.5, 0.6) is 0 Å². The molecule has 0 aromatic rings. The predicted octanol–water partition coefficient (Wildman–Crippen LogP) is 1.04. The molecule has 0 rings (SSSR count). The van der Waals surface area contributed by atoms with E-state index in [4.69, 9.17) is 10.2 Å². The first-order valence-corrected chi connectivity index (χ1v) is 6.29. The Morgan fingerprint density at radius 2 is 1.68 bits per heavy atom. The lowest BCUT2D eigenvalue weighted by Gasteiger charge is -2.22. The van der Waals surface area contributed by atoms with Gasteiger partial charge in [-0.25, -0.2) is 9.59 Å². The summed E-state index contributed by atoms with van der Waals surface area (Å²) in [4.78, 5) is 32.9. The molecule has 0 fully saturated rings. The molecule has 7 heteroatoms. The van der Waals surface area contributed by atoms with E-state index in [1.807, 2.05) is 20.8 Å². The zero-order valence-corrected chi connectivity index (χ0v) is 11.5. The van der Waals surface area contributed by atoms with Crippen molar-refractivity contribution in [3.8, 4) is 0 Å². The van der Waals surface area contributed by atoms with Crippen molar-refractivity contribution in [2.45, 2.75) is 52.1 Å². The Bertz CT molecular complexity index is 330. The van der Waals surface area contributed by atoms with E-state index in [0.29, 0.717) is 0 Å². The summed E-state index contributed by atoms with van der Waals surface area (Å²) < 4.78 is 0. The van der Waals surface area contributed by atoms with Gasteiger partial charge >= 0.3 is 18.0 Å². The molecule has 0 saturated heterocycles. The minimum absolute atomic E-state index is 0.0473. The maximum absolute atomic E-state index is 11.6. The number of carbonyl (C=O) groups is 3. The molecule has 0 spiro atoms. The number of hydrogen-bond donors (Lipinski definition) is 4. The molecule has 0 aliphatic rings. The van der Waals surface area contributed by atoms with E-state index in [-0.39, 0.29) is 24.8 Å². The van der Waals surface area contributed by atoms with Crippen molar-refractivity contribution < 1.29 is 24.6 Å². The normalized spacial score (nSPS) is 13.7. The number of carboxylic acid groups (broad SMARTS) is 2. The first-order valence-electron chi connectivity index (χ1n) is 6.29. The maximum Gasteiger partial charge on any atom is 0.326 e. The van der Waals surface area contributed by atoms with Crippen molar-refractivity contribution in [2.24, 2.45) is 5.92 Å². The van der Waals surface area contributed by atoms with Gasteiger partial charge in [0.25, 0.3) is 0 Å². The fourth-order valence-corrected chi connectivity index (χ4v) is 1.63. The standard InChI is InChI=1S/C12H22N2O5/c1-4-8(7(2)3)13-12(19)14-9(11(17)18)5-6-10(15)16/h7-9H,4-6H2,1-3H3,(H,15,16)(H,17,18)(H2,13,14,19). The maximum atomic E-state index is 11.6. The molecule has 4 N–H and O–H groups in total. The molecular weight excluding hydrogens is 252 g/mol. The van der Waals surface area contributed by atoms with Crippen LogP contribution >= 0.6 is 0 Å². The lowest BCUT2D eigenvalue weighted by atomic mass is 10.0. The van der Waals surface area contributed by atoms with Gasteiger partial charge in [0.05, 0.1) is 0 Å². The Morgan fingerprint density at radius 3 is 2.05 bits per heavy atom. The number of aliphatic carboxylic acids is 2. The first kappa shape index (κ1) is 17.2. The molecule has 0 aromatic heterocycles. The van der Waals surface area contributed by atoms with Crippen LogP contribution in [-0.2, 0) is 9.59 Å². The summed E-state index contributed by atoms with van der Waals surface area (Å²) in [6, 6.07) is -1.83. The third-order valence-electron chi connectivity index (χ3n) is 2.81. The number of carbonyl (C=O) groups excluding carboxylic acids is 1. The fourth-order valence-electron chi connectivity index (χ4n) is 1.63. The van der Waals surface area contributed by atoms with E-state index in [2.05, 4.69) is 10.6 Å². The van der Waals surface area contributed by atoms with Gasteiger partial charge in [-0.15, -0.1) is 0 Å². The quantitative estimate of drug-likeness (QED) is 0.527. The minimum Gasteiger partial charge on any atom is -0.481 e. The Labute approximate surface area is 112 Å². The second-order valence-corrected chi connectivity index (χ2v) is 4.70. The Morgan fingerprint density at radius 1 is 1.11 bits per heavy atom. The van der Waals surface area contributed by atoms with Gasteiger partial charge < -0.3 is 20.8 Å². The number of carboxylic acids is 2. The van der Waals surface area contributed by atoms with Gasteiger partial charge in [-0.1, -0.05) is 20.8 Å². The second kappa shape index (κ2) is 8.34. The van der Waals surface area contributed by atoms with Gasteiger partial charge in [-0.3, -0.25) is 4.79 Å². The van der Waals surface area contributed by atoms with Crippen LogP contribution in [0.2, 0.25) is 0 Å². The van der Waals surface area contributed by atoms with Crippen LogP contribution in [0.4, 0.5) is 4.79 Å². The number of amides is 2. The van der Waals surface area contributed by atoms with Crippen molar-refractivity contribution in [3.05, 3.63) is 0 Å². The topological polar surface area (TPSA) is 116 Å². The summed E-state index contributed by atoms with van der Waals surface area (Å²) in [6.45, 7) is 5.82. The number of hydrogen-bond acceptors (Lipinski definition) is 3. The van der Waals surface area contributed by atoms with Crippen molar-refractivity contribution in [3.63, 3.8) is 0 Å². The summed E-state index contributed by atoms with van der Waals surface area (Å²) in [5.74, 6) is -2.10. The van der Waals surface area contributed by atoms with E-state index in [1.54, 1.807) is 0 Å². The van der Waals surface area contributed by atoms with Gasteiger partial charge in [0.15, 0.2) is 0 Å². The molecule has 0 radical (unpaired) electrons. The minimum atomic E-state index is -1.24. The van der Waals surface area contributed by atoms with E-state index in [9.17, 15) is 14.4 Å². The Kier molecular flexibility index (Phi) is 7.55. The van der Waals surface area contributed by atoms with Crippen LogP contribution in [0.15, 0.2) is 0 Å². The van der Waals surface area contributed by atoms with Gasteiger partial charge in [0.2, 0.25) is 0 Å². The molecule has 110 valence electrons. The van der Waals surface area contributed by atoms with Crippen LogP contribution in [0, 0.1) is 5.92 Å². The number of urea groups is 1. The average molecular weight is 274 g/mol. The Hall–Kier alpha value is -1.79. The molecule has 2 amide bonds. The van der Waals surface area contributed by atoms with E-state index in [1.165, 1.54) is 0 Å². The summed E-state index contributed by atoms with van der Waals surface area (Å²) >= 11 is 0. The van der Waals surface area contributed by atoms with Crippen LogP contribution in [0.3, 0.4) is 0 Å². The molecular formula is C12H22N2O5. The highest BCUT2D eigenvalue weighted by molar-refractivity contribution is 5.83. The van der Waals surface area contributed by atoms with Crippen LogP contribution in [0.1, 0.15) is 40.0 Å². The average Bonchev–Trinajstić information content (AvgIpc) is 2.30. The zero-order valence-electron chi connectivity index (χ0n) is 11.5. The molecule has 0 aromatic carbocycles. The summed E-state index contributed by atoms with van der Waals surface area (Å²) in [7, 11) is 0. The molecule has 7 nitrogen and oxygen atoms in total. The summed E-state index contributed by atoms with van der Waals surface area (Å²) in [5.41, 5.74) is 0. The van der Waals surface area contributed by atoms with Crippen LogP contribution in [-0.4, -0.2) is 40.3 Å². The molecule has 0 bridgehead atoms. The highest BCUT2D eigenvalue weighted by atomic mass is 16.4. The van der Waals surface area contributed by atoms with Gasteiger partial charge in [0, 0.05) is 12.5 Å². The molecule has 2 unspecified atom stereocenters. The van der Waals surface area contributed by atoms with E-state index >= 15 is 0 Å². The third-order valence-corrected chi connectivity index (χ3v) is 2.81. The lowest BCUT2D eigenvalue weighted by molar-refractivity contribution is -0.140. The van der Waals surface area contributed by atoms with Crippen LogP contribution < -0.4 is 10.6 Å². The monoisotopic (exact) mass is 274 g/mol. The van der Waals surface area contributed by atoms with E-state index < -0.39 is 24.0 Å². The summed E-state index contributed by atoms with van der Waals surface area (Å²) in [5, 5.41) is 22.4. The molecule has 19 heavy (non-hydrogen) atoms. The van der Waals surface area contributed by atoms with Crippen LogP contribution in [0.25, 0.3) is 0 Å². The number of nitrogens with one attached hydrogen (secondary N) is 2. The second-order valence-electron chi connectivity index (χ2n) is 4.70. The third kappa shape index (κ3) is 7.28. The molecule has 0 aliphatic carbocycles. The largest absolute Gasteiger partial charge is 0.481 e. The Balaban J connectivity index is 4.38. The fraction of sp³-hybridized carbons (Fsp3) is 0.750. The SMILES string of the molecule is CCC(NC(=O)NC(CCC(=O)O)C(=O)O)C(C)C. The van der Waals surface area contributed by atoms with Gasteiger partial charge in [0.1, 0.15) is 6.04 Å². The van der Waals surface area contributed by atoms with Crippen molar-refractivity contribution in [1.82, 2.24) is 10.6 Å². The van der Waals surface area contributed by atoms with Crippen molar-refractivity contribution in [2.75, 3.05) is 0 Å². The van der Waals surface area contributed by atoms with Crippen molar-refractivity contribution >= 4 is 18.0 Å². The van der Waals surface area contributed by atoms with E-state index in [0.717, 1.165) is 6.42 Å². The molecule has 0 heterocycles. The van der Waals surface area contributed by atoms with Crippen molar-refractivity contribution in [1.29, 1.82) is 0 Å².